The van der Waals surface area contributed by atoms with Gasteiger partial charge in [-0.2, -0.15) is 0 Å². The van der Waals surface area contributed by atoms with Crippen LogP contribution in [0.15, 0.2) is 24.3 Å². The highest BCUT2D eigenvalue weighted by atomic mass is 31.2. The molecular formula is C47H87O13P. The Balaban J connectivity index is 2.43. The first-order chi connectivity index (χ1) is 29.4. The van der Waals surface area contributed by atoms with Crippen LogP contribution in [0.25, 0.3) is 0 Å². The van der Waals surface area contributed by atoms with Gasteiger partial charge in [0.2, 0.25) is 0 Å². The third kappa shape index (κ3) is 30.2. The van der Waals surface area contributed by atoms with Crippen LogP contribution in [0, 0.1) is 0 Å². The Labute approximate surface area is 368 Å². The molecule has 358 valence electrons. The summed E-state index contributed by atoms with van der Waals surface area (Å²) in [7, 11) is -5.12. The fourth-order valence-electron chi connectivity index (χ4n) is 7.36. The Morgan fingerprint density at radius 2 is 0.902 bits per heavy atom. The van der Waals surface area contributed by atoms with Crippen molar-refractivity contribution in [2.45, 2.75) is 249 Å². The summed E-state index contributed by atoms with van der Waals surface area (Å²) in [5.74, 6) is -1.11. The molecule has 14 heteroatoms. The van der Waals surface area contributed by atoms with E-state index >= 15 is 0 Å². The lowest BCUT2D eigenvalue weighted by molar-refractivity contribution is -0.220. The monoisotopic (exact) mass is 891 g/mol. The minimum Gasteiger partial charge on any atom is -0.462 e. The molecule has 0 saturated heterocycles. The van der Waals surface area contributed by atoms with E-state index < -0.39 is 75.7 Å². The molecule has 0 aromatic carbocycles. The molecule has 8 atom stereocenters. The van der Waals surface area contributed by atoms with E-state index in [1.165, 1.54) is 103 Å². The Kier molecular flexibility index (Phi) is 35.4. The van der Waals surface area contributed by atoms with E-state index in [4.69, 9.17) is 18.5 Å². The molecular weight excluding hydrogens is 803 g/mol. The van der Waals surface area contributed by atoms with Crippen LogP contribution in [0.2, 0.25) is 0 Å². The molecule has 6 N–H and O–H groups in total. The van der Waals surface area contributed by atoms with E-state index in [0.29, 0.717) is 12.8 Å². The Morgan fingerprint density at radius 1 is 0.508 bits per heavy atom. The van der Waals surface area contributed by atoms with Gasteiger partial charge in [-0.15, -0.1) is 0 Å². The molecule has 0 radical (unpaired) electrons. The number of phosphoric acid groups is 1. The molecule has 0 bridgehead atoms. The first-order valence-electron chi connectivity index (χ1n) is 24.1. The van der Waals surface area contributed by atoms with E-state index in [1.54, 1.807) is 0 Å². The van der Waals surface area contributed by atoms with E-state index in [0.717, 1.165) is 64.2 Å². The first-order valence-corrected chi connectivity index (χ1v) is 25.6. The van der Waals surface area contributed by atoms with Crippen LogP contribution in [0.5, 0.6) is 0 Å². The van der Waals surface area contributed by atoms with Crippen molar-refractivity contribution in [2.24, 2.45) is 0 Å². The number of carbonyl (C=O) groups is 2. The van der Waals surface area contributed by atoms with Gasteiger partial charge in [0, 0.05) is 12.8 Å². The normalized spacial score (nSPS) is 22.2. The van der Waals surface area contributed by atoms with Crippen LogP contribution in [0.1, 0.15) is 206 Å². The van der Waals surface area contributed by atoms with Crippen molar-refractivity contribution >= 4 is 19.8 Å². The van der Waals surface area contributed by atoms with Gasteiger partial charge in [0.05, 0.1) is 6.61 Å². The lowest BCUT2D eigenvalue weighted by atomic mass is 9.85. The van der Waals surface area contributed by atoms with Crippen LogP contribution >= 0.6 is 7.82 Å². The molecule has 13 nitrogen and oxygen atoms in total. The average Bonchev–Trinajstić information content (AvgIpc) is 3.24. The zero-order chi connectivity index (χ0) is 45.0. The maximum Gasteiger partial charge on any atom is 0.472 e. The zero-order valence-electron chi connectivity index (χ0n) is 38.0. The van der Waals surface area contributed by atoms with Crippen LogP contribution < -0.4 is 0 Å². The topological polar surface area (TPSA) is 210 Å². The number of ether oxygens (including phenoxy) is 2. The molecule has 1 aliphatic rings. The molecule has 0 amide bonds. The lowest BCUT2D eigenvalue weighted by Gasteiger charge is -2.41. The molecule has 0 aromatic heterocycles. The van der Waals surface area contributed by atoms with Crippen LogP contribution in [-0.4, -0.2) is 98.3 Å². The highest BCUT2D eigenvalue weighted by Crippen LogP contribution is 2.47. The van der Waals surface area contributed by atoms with E-state index in [-0.39, 0.29) is 12.8 Å². The van der Waals surface area contributed by atoms with Crippen molar-refractivity contribution in [3.8, 4) is 0 Å². The van der Waals surface area contributed by atoms with Gasteiger partial charge in [0.1, 0.15) is 43.2 Å². The number of esters is 2. The van der Waals surface area contributed by atoms with Gasteiger partial charge in [0.25, 0.3) is 0 Å². The van der Waals surface area contributed by atoms with Crippen molar-refractivity contribution < 1.29 is 63.1 Å². The zero-order valence-corrected chi connectivity index (χ0v) is 38.9. The maximum atomic E-state index is 12.8. The molecule has 61 heavy (non-hydrogen) atoms. The van der Waals surface area contributed by atoms with Crippen LogP contribution in [0.4, 0.5) is 0 Å². The minimum atomic E-state index is -5.12. The Morgan fingerprint density at radius 3 is 1.38 bits per heavy atom. The predicted molar refractivity (Wildman–Crippen MR) is 240 cm³/mol. The summed E-state index contributed by atoms with van der Waals surface area (Å²) in [6, 6.07) is 0. The summed E-state index contributed by atoms with van der Waals surface area (Å²) < 4.78 is 33.6. The van der Waals surface area contributed by atoms with Gasteiger partial charge in [-0.3, -0.25) is 18.6 Å². The third-order valence-corrected chi connectivity index (χ3v) is 12.3. The number of allylic oxidation sites excluding steroid dienone is 4. The Bertz CT molecular complexity index is 1170. The van der Waals surface area contributed by atoms with Gasteiger partial charge in [-0.05, 0) is 38.5 Å². The number of unbranched alkanes of at least 4 members (excludes halogenated alkanes) is 24. The smallest absolute Gasteiger partial charge is 0.462 e. The predicted octanol–water partition coefficient (Wildman–Crippen LogP) is 9.62. The summed E-state index contributed by atoms with van der Waals surface area (Å²) in [5.41, 5.74) is 0. The fraction of sp³-hybridized carbons (Fsp3) is 0.872. The molecule has 1 rings (SSSR count). The van der Waals surface area contributed by atoms with Gasteiger partial charge in [-0.25, -0.2) is 4.57 Å². The second kappa shape index (κ2) is 37.7. The quantitative estimate of drug-likeness (QED) is 0.0147. The molecule has 0 aliphatic heterocycles. The van der Waals surface area contributed by atoms with Crippen LogP contribution in [-0.2, 0) is 32.7 Å². The largest absolute Gasteiger partial charge is 0.472 e. The average molecular weight is 891 g/mol. The number of phosphoric ester groups is 1. The molecule has 0 heterocycles. The number of aliphatic hydroxyl groups is 5. The molecule has 1 aliphatic carbocycles. The number of hydrogen-bond donors (Lipinski definition) is 6. The summed E-state index contributed by atoms with van der Waals surface area (Å²) >= 11 is 0. The van der Waals surface area contributed by atoms with Gasteiger partial charge in [-0.1, -0.05) is 179 Å². The summed E-state index contributed by atoms with van der Waals surface area (Å²) in [6.07, 6.45) is 28.0. The maximum absolute atomic E-state index is 12.8. The van der Waals surface area contributed by atoms with E-state index in [2.05, 4.69) is 38.2 Å². The highest BCUT2D eigenvalue weighted by molar-refractivity contribution is 7.47. The second-order valence-electron chi connectivity index (χ2n) is 17.0. The number of carbonyl (C=O) groups excluding carboxylic acids is 2. The second-order valence-corrected chi connectivity index (χ2v) is 18.4. The lowest BCUT2D eigenvalue weighted by Crippen LogP contribution is -2.64. The molecule has 0 spiro atoms. The van der Waals surface area contributed by atoms with E-state index in [9.17, 15) is 44.6 Å². The summed E-state index contributed by atoms with van der Waals surface area (Å²) in [6.45, 7) is 3.27. The van der Waals surface area contributed by atoms with E-state index in [1.807, 2.05) is 0 Å². The van der Waals surface area contributed by atoms with Gasteiger partial charge < -0.3 is 39.9 Å². The summed E-state index contributed by atoms with van der Waals surface area (Å²) in [5, 5.41) is 50.2. The standard InChI is InChI=1S/C47H87O13P/c1-3-5-7-9-11-13-15-17-19-20-21-22-24-26-28-30-32-34-36-41(49)59-39(38-58-61(55,56)60-47-45(53)43(51)42(50)44(52)46(47)54)37-57-40(48)35-33-31-29-27-25-23-18-16-14-12-10-8-6-4-2/h10,12,16,18,39,42-47,50-54H,3-9,11,13-15,17,19-38H2,1-2H3,(H,55,56)/b12-10-,18-16-/t39-,42?,43-,44?,45?,46?,47?/m1/s1. The van der Waals surface area contributed by atoms with Crippen molar-refractivity contribution in [3.63, 3.8) is 0 Å². The molecule has 1 saturated carbocycles. The molecule has 0 aromatic rings. The van der Waals surface area contributed by atoms with Crippen molar-refractivity contribution in [2.75, 3.05) is 13.2 Å². The third-order valence-electron chi connectivity index (χ3n) is 11.3. The number of rotatable bonds is 40. The van der Waals surface area contributed by atoms with Crippen LogP contribution in [0.3, 0.4) is 0 Å². The SMILES string of the molecule is CCCC/C=C\C/C=C\CCCCCCCC(=O)OC[C@H](COP(=O)(O)OC1C(O)C(O)C(O)[C@@H](O)C1O)OC(=O)CCCCCCCCCCCCCCCCCCCC. The van der Waals surface area contributed by atoms with Crippen molar-refractivity contribution in [1.29, 1.82) is 0 Å². The van der Waals surface area contributed by atoms with Gasteiger partial charge in [0.15, 0.2) is 6.10 Å². The number of hydrogen-bond acceptors (Lipinski definition) is 12. The first kappa shape index (κ1) is 57.3. The van der Waals surface area contributed by atoms with Crippen molar-refractivity contribution in [1.82, 2.24) is 0 Å². The Hall–Kier alpha value is -1.67. The van der Waals surface area contributed by atoms with Crippen molar-refractivity contribution in [3.05, 3.63) is 24.3 Å². The minimum absolute atomic E-state index is 0.0981. The highest BCUT2D eigenvalue weighted by Gasteiger charge is 2.51. The molecule has 1 fully saturated rings. The number of aliphatic hydroxyl groups excluding tert-OH is 5. The van der Waals surface area contributed by atoms with Gasteiger partial charge >= 0.3 is 19.8 Å². The molecule has 6 unspecified atom stereocenters. The summed E-state index contributed by atoms with van der Waals surface area (Å²) in [4.78, 5) is 35.7. The fourth-order valence-corrected chi connectivity index (χ4v) is 8.34.